The summed E-state index contributed by atoms with van der Waals surface area (Å²) >= 11 is 1.53. The number of para-hydroxylation sites is 1. The summed E-state index contributed by atoms with van der Waals surface area (Å²) in [6.07, 6.45) is 0.243. The third-order valence-electron chi connectivity index (χ3n) is 4.77. The molecule has 1 N–H and O–H groups in total. The van der Waals surface area contributed by atoms with E-state index in [1.165, 1.54) is 11.3 Å². The molecule has 2 aromatic carbocycles. The Morgan fingerprint density at radius 3 is 2.53 bits per heavy atom. The molecule has 1 amide bonds. The highest BCUT2D eigenvalue weighted by molar-refractivity contribution is 7.13. The molecule has 0 fully saturated rings. The van der Waals surface area contributed by atoms with Gasteiger partial charge in [0.1, 0.15) is 16.5 Å². The Kier molecular flexibility index (Phi) is 7.46. The van der Waals surface area contributed by atoms with Crippen LogP contribution in [0.15, 0.2) is 53.9 Å². The lowest BCUT2D eigenvalue weighted by Crippen LogP contribution is -2.32. The molecule has 0 saturated heterocycles. The van der Waals surface area contributed by atoms with Gasteiger partial charge in [-0.2, -0.15) is 0 Å². The zero-order valence-electron chi connectivity index (χ0n) is 17.8. The van der Waals surface area contributed by atoms with Crippen molar-refractivity contribution in [1.29, 1.82) is 0 Å². The Bertz CT molecular complexity index is 967. The van der Waals surface area contributed by atoms with Gasteiger partial charge in [-0.3, -0.25) is 4.79 Å². The molecule has 0 saturated carbocycles. The van der Waals surface area contributed by atoms with Gasteiger partial charge in [-0.05, 0) is 42.7 Å². The van der Waals surface area contributed by atoms with Crippen molar-refractivity contribution < 1.29 is 14.3 Å². The molecule has 1 unspecified atom stereocenters. The van der Waals surface area contributed by atoms with Crippen LogP contribution in [0, 0.1) is 5.92 Å². The van der Waals surface area contributed by atoms with Gasteiger partial charge in [0, 0.05) is 5.38 Å². The van der Waals surface area contributed by atoms with Crippen LogP contribution in [0.3, 0.4) is 0 Å². The number of ether oxygens (including phenoxy) is 2. The van der Waals surface area contributed by atoms with Crippen LogP contribution < -0.4 is 14.8 Å². The second kappa shape index (κ2) is 10.3. The number of benzene rings is 2. The van der Waals surface area contributed by atoms with Crippen molar-refractivity contribution >= 4 is 17.2 Å². The van der Waals surface area contributed by atoms with Crippen molar-refractivity contribution in [1.82, 2.24) is 10.3 Å². The number of methoxy groups -OCH3 is 1. The van der Waals surface area contributed by atoms with Gasteiger partial charge in [0.05, 0.1) is 37.4 Å². The molecule has 1 atom stereocenters. The molecule has 0 spiro atoms. The smallest absolute Gasteiger partial charge is 0.226 e. The summed E-state index contributed by atoms with van der Waals surface area (Å²) in [7, 11) is 1.64. The number of carbonyl (C=O) groups excluding carboxylic acids is 1. The number of hydrogen-bond acceptors (Lipinski definition) is 5. The van der Waals surface area contributed by atoms with Gasteiger partial charge in [0.25, 0.3) is 0 Å². The summed E-state index contributed by atoms with van der Waals surface area (Å²) in [5.41, 5.74) is 2.77. The zero-order chi connectivity index (χ0) is 21.5. The molecule has 0 aliphatic rings. The molecule has 1 heterocycles. The normalized spacial score (nSPS) is 11.9. The third-order valence-corrected chi connectivity index (χ3v) is 5.69. The van der Waals surface area contributed by atoms with E-state index in [0.29, 0.717) is 6.61 Å². The number of nitrogens with one attached hydrogen (secondary N) is 1. The minimum atomic E-state index is -0.0693. The Labute approximate surface area is 182 Å². The largest absolute Gasteiger partial charge is 0.497 e. The minimum Gasteiger partial charge on any atom is -0.497 e. The molecular weight excluding hydrogens is 396 g/mol. The van der Waals surface area contributed by atoms with E-state index in [2.05, 4.69) is 24.1 Å². The molecule has 6 heteroatoms. The second-order valence-corrected chi connectivity index (χ2v) is 8.17. The average molecular weight is 425 g/mol. The van der Waals surface area contributed by atoms with Crippen LogP contribution in [0.4, 0.5) is 0 Å². The summed E-state index contributed by atoms with van der Waals surface area (Å²) in [5, 5.41) is 5.96. The van der Waals surface area contributed by atoms with E-state index in [-0.39, 0.29) is 24.3 Å². The van der Waals surface area contributed by atoms with Crippen molar-refractivity contribution in [3.63, 3.8) is 0 Å². The number of aromatic nitrogens is 1. The fourth-order valence-corrected chi connectivity index (χ4v) is 4.12. The van der Waals surface area contributed by atoms with Gasteiger partial charge in [-0.25, -0.2) is 4.98 Å². The molecular formula is C24H28N2O3S. The van der Waals surface area contributed by atoms with Crippen LogP contribution in [-0.2, 0) is 11.2 Å². The molecule has 3 aromatic rings. The first-order valence-corrected chi connectivity index (χ1v) is 11.0. The van der Waals surface area contributed by atoms with Crippen molar-refractivity contribution in [3.05, 3.63) is 65.2 Å². The van der Waals surface area contributed by atoms with E-state index in [9.17, 15) is 4.79 Å². The molecule has 0 aliphatic heterocycles. The number of hydrogen-bond donors (Lipinski definition) is 1. The maximum atomic E-state index is 12.7. The van der Waals surface area contributed by atoms with E-state index in [1.54, 1.807) is 7.11 Å². The van der Waals surface area contributed by atoms with Crippen LogP contribution in [-0.4, -0.2) is 24.6 Å². The number of amides is 1. The number of thiazole rings is 1. The Hall–Kier alpha value is -2.86. The maximum Gasteiger partial charge on any atom is 0.226 e. The van der Waals surface area contributed by atoms with Gasteiger partial charge >= 0.3 is 0 Å². The number of nitrogens with zero attached hydrogens (tertiary/aromatic N) is 1. The average Bonchev–Trinajstić information content (AvgIpc) is 3.20. The van der Waals surface area contributed by atoms with Crippen molar-refractivity contribution in [3.8, 4) is 22.1 Å². The fraction of sp³-hybridized carbons (Fsp3) is 0.333. The highest BCUT2D eigenvalue weighted by Gasteiger charge is 2.19. The molecule has 0 radical (unpaired) electrons. The number of rotatable bonds is 9. The van der Waals surface area contributed by atoms with Crippen LogP contribution in [0.25, 0.3) is 10.6 Å². The van der Waals surface area contributed by atoms with Crippen molar-refractivity contribution in [2.24, 2.45) is 5.92 Å². The summed E-state index contributed by atoms with van der Waals surface area (Å²) in [4.78, 5) is 17.4. The third kappa shape index (κ3) is 5.39. The van der Waals surface area contributed by atoms with Gasteiger partial charge in [-0.1, -0.05) is 38.1 Å². The quantitative estimate of drug-likeness (QED) is 0.508. The molecule has 3 rings (SSSR count). The van der Waals surface area contributed by atoms with Gasteiger partial charge in [0.15, 0.2) is 0 Å². The van der Waals surface area contributed by atoms with Crippen molar-refractivity contribution in [2.45, 2.75) is 33.2 Å². The Morgan fingerprint density at radius 2 is 1.87 bits per heavy atom. The Morgan fingerprint density at radius 1 is 1.13 bits per heavy atom. The summed E-state index contributed by atoms with van der Waals surface area (Å²) < 4.78 is 10.9. The molecule has 5 nitrogen and oxygen atoms in total. The van der Waals surface area contributed by atoms with E-state index < -0.39 is 0 Å². The minimum absolute atomic E-state index is 0.0422. The summed E-state index contributed by atoms with van der Waals surface area (Å²) in [6.45, 7) is 6.75. The SMILES string of the molecule is CCOc1ccccc1-c1nc(CC(=O)NC(c2ccc(OC)cc2)C(C)C)cs1. The van der Waals surface area contributed by atoms with Crippen LogP contribution in [0.2, 0.25) is 0 Å². The van der Waals surface area contributed by atoms with Gasteiger partial charge in [-0.15, -0.1) is 11.3 Å². The standard InChI is InChI=1S/C24H28N2O3S/c1-5-29-21-9-7-6-8-20(21)24-25-18(15-30-24)14-22(27)26-23(16(2)3)17-10-12-19(28-4)13-11-17/h6-13,15-16,23H,5,14H2,1-4H3,(H,26,27). The van der Waals surface area contributed by atoms with Crippen LogP contribution in [0.1, 0.15) is 38.1 Å². The topological polar surface area (TPSA) is 60.5 Å². The zero-order valence-corrected chi connectivity index (χ0v) is 18.7. The van der Waals surface area contributed by atoms with E-state index in [0.717, 1.165) is 33.3 Å². The van der Waals surface area contributed by atoms with E-state index >= 15 is 0 Å². The first kappa shape index (κ1) is 21.8. The first-order chi connectivity index (χ1) is 14.5. The summed E-state index contributed by atoms with van der Waals surface area (Å²) in [6, 6.07) is 15.6. The molecule has 30 heavy (non-hydrogen) atoms. The van der Waals surface area contributed by atoms with Crippen molar-refractivity contribution in [2.75, 3.05) is 13.7 Å². The lowest BCUT2D eigenvalue weighted by molar-refractivity contribution is -0.121. The molecule has 158 valence electrons. The summed E-state index contributed by atoms with van der Waals surface area (Å²) in [5.74, 6) is 1.82. The monoisotopic (exact) mass is 424 g/mol. The molecule has 1 aromatic heterocycles. The lowest BCUT2D eigenvalue weighted by Gasteiger charge is -2.23. The molecule has 0 aliphatic carbocycles. The fourth-order valence-electron chi connectivity index (χ4n) is 3.27. The predicted molar refractivity (Wildman–Crippen MR) is 121 cm³/mol. The van der Waals surface area contributed by atoms with Crippen LogP contribution in [0.5, 0.6) is 11.5 Å². The predicted octanol–water partition coefficient (Wildman–Crippen LogP) is 5.27. The van der Waals surface area contributed by atoms with Gasteiger partial charge in [0.2, 0.25) is 5.91 Å². The lowest BCUT2D eigenvalue weighted by atomic mass is 9.95. The first-order valence-electron chi connectivity index (χ1n) is 10.1. The second-order valence-electron chi connectivity index (χ2n) is 7.31. The van der Waals surface area contributed by atoms with Gasteiger partial charge < -0.3 is 14.8 Å². The Balaban J connectivity index is 1.70. The molecule has 0 bridgehead atoms. The maximum absolute atomic E-state index is 12.7. The van der Waals surface area contributed by atoms with E-state index in [1.807, 2.05) is 60.8 Å². The highest BCUT2D eigenvalue weighted by Crippen LogP contribution is 2.32. The highest BCUT2D eigenvalue weighted by atomic mass is 32.1. The van der Waals surface area contributed by atoms with Crippen LogP contribution >= 0.6 is 11.3 Å². The number of carbonyl (C=O) groups is 1. The van der Waals surface area contributed by atoms with E-state index in [4.69, 9.17) is 9.47 Å².